The van der Waals surface area contributed by atoms with Crippen LogP contribution < -0.4 is 5.73 Å². The molecule has 0 radical (unpaired) electrons. The van der Waals surface area contributed by atoms with Crippen LogP contribution in [0.1, 0.15) is 63.7 Å². The number of esters is 1. The molecule has 0 unspecified atom stereocenters. The number of rotatable bonds is 9. The molecule has 0 saturated heterocycles. The Labute approximate surface area is 152 Å². The fraction of sp³-hybridized carbons (Fsp3) is 0.409. The second-order valence-corrected chi connectivity index (χ2v) is 6.65. The van der Waals surface area contributed by atoms with E-state index < -0.39 is 0 Å². The average Bonchev–Trinajstić information content (AvgIpc) is 2.54. The van der Waals surface area contributed by atoms with Gasteiger partial charge in [0.15, 0.2) is 0 Å². The number of hydrogen-bond donors (Lipinski definition) is 1. The number of carbonyl (C=O) groups excluding carboxylic acids is 1. The van der Waals surface area contributed by atoms with E-state index in [1.54, 1.807) is 24.3 Å². The molecule has 0 spiro atoms. The van der Waals surface area contributed by atoms with Gasteiger partial charge in [-0.05, 0) is 71.6 Å². The fourth-order valence-corrected chi connectivity index (χ4v) is 2.36. The lowest BCUT2D eigenvalue weighted by molar-refractivity contribution is 0.0550. The predicted octanol–water partition coefficient (Wildman–Crippen LogP) is 5.84. The zero-order valence-electron chi connectivity index (χ0n) is 16.0. The Bertz CT molecular complexity index is 650. The summed E-state index contributed by atoms with van der Waals surface area (Å²) >= 11 is 0. The summed E-state index contributed by atoms with van der Waals surface area (Å²) in [6.45, 7) is 8.79. The Hall–Kier alpha value is -2.29. The van der Waals surface area contributed by atoms with Crippen LogP contribution in [0.3, 0.4) is 0 Å². The maximum Gasteiger partial charge on any atom is 0.340 e. The molecule has 0 aromatic heterocycles. The van der Waals surface area contributed by atoms with Gasteiger partial charge in [0.1, 0.15) is 6.61 Å². The first kappa shape index (κ1) is 20.8. The van der Waals surface area contributed by atoms with Crippen LogP contribution >= 0.6 is 0 Å². The van der Waals surface area contributed by atoms with Gasteiger partial charge in [-0.2, -0.15) is 0 Å². The number of carbonyl (C=O) groups is 1. The minimum absolute atomic E-state index is 0.280. The maximum absolute atomic E-state index is 12.0. The monoisotopic (exact) mass is 341 g/mol. The highest BCUT2D eigenvalue weighted by Gasteiger charge is 2.09. The van der Waals surface area contributed by atoms with Crippen LogP contribution in [0.5, 0.6) is 0 Å². The average molecular weight is 341 g/mol. The highest BCUT2D eigenvalue weighted by molar-refractivity contribution is 5.94. The standard InChI is InChI=1S/C22H31NO2/c1-17(2)9-7-10-18(3)11-8-12-19(4)15-16-25-22(24)20-13-5-6-14-21(20)23/h5-6,9,11,13-15H,7-8,10,12,16,23H2,1-4H3/b18-11+,19-15+. The minimum atomic E-state index is -0.378. The molecule has 0 aliphatic carbocycles. The Morgan fingerprint density at radius 2 is 1.56 bits per heavy atom. The molecule has 0 atom stereocenters. The first-order chi connectivity index (χ1) is 11.9. The van der Waals surface area contributed by atoms with Crippen LogP contribution in [0.4, 0.5) is 5.69 Å². The van der Waals surface area contributed by atoms with Crippen molar-refractivity contribution in [2.75, 3.05) is 12.3 Å². The van der Waals surface area contributed by atoms with Gasteiger partial charge in [-0.15, -0.1) is 0 Å². The topological polar surface area (TPSA) is 52.3 Å². The van der Waals surface area contributed by atoms with Gasteiger partial charge < -0.3 is 10.5 Å². The van der Waals surface area contributed by atoms with Gasteiger partial charge in [-0.25, -0.2) is 4.79 Å². The number of nitrogens with two attached hydrogens (primary N) is 1. The van der Waals surface area contributed by atoms with E-state index in [4.69, 9.17) is 10.5 Å². The van der Waals surface area contributed by atoms with Crippen molar-refractivity contribution in [3.05, 3.63) is 64.8 Å². The first-order valence-electron chi connectivity index (χ1n) is 8.86. The summed E-state index contributed by atoms with van der Waals surface area (Å²) in [6, 6.07) is 6.95. The minimum Gasteiger partial charge on any atom is -0.458 e. The highest BCUT2D eigenvalue weighted by Crippen LogP contribution is 2.13. The summed E-state index contributed by atoms with van der Waals surface area (Å²) in [5.74, 6) is -0.378. The van der Waals surface area contributed by atoms with Crippen molar-refractivity contribution < 1.29 is 9.53 Å². The lowest BCUT2D eigenvalue weighted by Gasteiger charge is -2.05. The van der Waals surface area contributed by atoms with E-state index >= 15 is 0 Å². The number of allylic oxidation sites excluding steroid dienone is 5. The van der Waals surface area contributed by atoms with Crippen LogP contribution in [-0.2, 0) is 4.74 Å². The van der Waals surface area contributed by atoms with Gasteiger partial charge in [0.25, 0.3) is 0 Å². The normalized spacial score (nSPS) is 12.0. The number of nitrogen functional groups attached to an aromatic ring is 1. The van der Waals surface area contributed by atoms with E-state index in [1.807, 2.05) is 6.08 Å². The highest BCUT2D eigenvalue weighted by atomic mass is 16.5. The van der Waals surface area contributed by atoms with E-state index in [1.165, 1.54) is 16.7 Å². The molecule has 3 nitrogen and oxygen atoms in total. The van der Waals surface area contributed by atoms with E-state index in [2.05, 4.69) is 39.8 Å². The molecule has 0 bridgehead atoms. The smallest absolute Gasteiger partial charge is 0.340 e. The van der Waals surface area contributed by atoms with Crippen LogP contribution in [0.25, 0.3) is 0 Å². The molecule has 0 aliphatic rings. The van der Waals surface area contributed by atoms with Crippen LogP contribution in [-0.4, -0.2) is 12.6 Å². The molecule has 0 fully saturated rings. The van der Waals surface area contributed by atoms with E-state index in [0.29, 0.717) is 11.3 Å². The number of benzene rings is 1. The van der Waals surface area contributed by atoms with Crippen LogP contribution in [0, 0.1) is 0 Å². The third-order valence-corrected chi connectivity index (χ3v) is 3.95. The molecule has 0 saturated carbocycles. The lowest BCUT2D eigenvalue weighted by Crippen LogP contribution is -2.08. The van der Waals surface area contributed by atoms with E-state index in [9.17, 15) is 4.79 Å². The van der Waals surface area contributed by atoms with Gasteiger partial charge in [-0.1, -0.05) is 41.0 Å². The summed E-state index contributed by atoms with van der Waals surface area (Å²) in [6.07, 6.45) is 10.8. The third kappa shape index (κ3) is 8.94. The van der Waals surface area contributed by atoms with Gasteiger partial charge in [0, 0.05) is 5.69 Å². The summed E-state index contributed by atoms with van der Waals surface area (Å²) < 4.78 is 5.27. The molecule has 0 aliphatic heterocycles. The summed E-state index contributed by atoms with van der Waals surface area (Å²) in [4.78, 5) is 12.0. The molecular formula is C22H31NO2. The number of anilines is 1. The Morgan fingerprint density at radius 3 is 2.20 bits per heavy atom. The fourth-order valence-electron chi connectivity index (χ4n) is 2.36. The number of ether oxygens (including phenoxy) is 1. The quantitative estimate of drug-likeness (QED) is 0.348. The van der Waals surface area contributed by atoms with E-state index in [0.717, 1.165) is 25.7 Å². The molecule has 1 aromatic carbocycles. The van der Waals surface area contributed by atoms with Gasteiger partial charge in [0.2, 0.25) is 0 Å². The molecule has 1 aromatic rings. The molecule has 136 valence electrons. The van der Waals surface area contributed by atoms with E-state index in [-0.39, 0.29) is 12.6 Å². The van der Waals surface area contributed by atoms with Gasteiger partial charge in [-0.3, -0.25) is 0 Å². The third-order valence-electron chi connectivity index (χ3n) is 3.95. The Kier molecular flexibility index (Phi) is 9.38. The van der Waals surface area contributed by atoms with Crippen molar-refractivity contribution in [2.45, 2.75) is 53.4 Å². The lowest BCUT2D eigenvalue weighted by atomic mass is 10.1. The van der Waals surface area contributed by atoms with Crippen molar-refractivity contribution in [3.8, 4) is 0 Å². The molecule has 3 heteroatoms. The van der Waals surface area contributed by atoms with Gasteiger partial charge >= 0.3 is 5.97 Å². The molecule has 0 amide bonds. The van der Waals surface area contributed by atoms with Gasteiger partial charge in [0.05, 0.1) is 5.56 Å². The van der Waals surface area contributed by atoms with Crippen molar-refractivity contribution in [2.24, 2.45) is 0 Å². The molecule has 25 heavy (non-hydrogen) atoms. The van der Waals surface area contributed by atoms with Crippen molar-refractivity contribution in [1.82, 2.24) is 0 Å². The SMILES string of the molecule is CC(C)=CCC/C(C)=C/CC/C(C)=C/COC(=O)c1ccccc1N. The van der Waals surface area contributed by atoms with Crippen LogP contribution in [0.15, 0.2) is 59.2 Å². The van der Waals surface area contributed by atoms with Crippen molar-refractivity contribution in [1.29, 1.82) is 0 Å². The molecule has 1 rings (SSSR count). The van der Waals surface area contributed by atoms with Crippen molar-refractivity contribution >= 4 is 11.7 Å². The second kappa shape index (κ2) is 11.3. The predicted molar refractivity (Wildman–Crippen MR) is 107 cm³/mol. The summed E-state index contributed by atoms with van der Waals surface area (Å²) in [5, 5.41) is 0. The van der Waals surface area contributed by atoms with Crippen molar-refractivity contribution in [3.63, 3.8) is 0 Å². The number of hydrogen-bond acceptors (Lipinski definition) is 3. The maximum atomic E-state index is 12.0. The first-order valence-corrected chi connectivity index (χ1v) is 8.86. The molecule has 2 N–H and O–H groups in total. The molecular weight excluding hydrogens is 310 g/mol. The summed E-state index contributed by atoms with van der Waals surface area (Å²) in [5.41, 5.74) is 10.7. The molecule has 0 heterocycles. The number of para-hydroxylation sites is 1. The Morgan fingerprint density at radius 1 is 0.960 bits per heavy atom. The largest absolute Gasteiger partial charge is 0.458 e. The second-order valence-electron chi connectivity index (χ2n) is 6.65. The zero-order chi connectivity index (χ0) is 18.7. The van der Waals surface area contributed by atoms with Crippen LogP contribution in [0.2, 0.25) is 0 Å². The summed E-state index contributed by atoms with van der Waals surface area (Å²) in [7, 11) is 0. The Balaban J connectivity index is 2.33. The zero-order valence-corrected chi connectivity index (χ0v) is 16.0.